The van der Waals surface area contributed by atoms with Crippen LogP contribution in [0, 0.1) is 0 Å². The molecule has 2 saturated heterocycles. The fourth-order valence-corrected chi connectivity index (χ4v) is 6.42. The number of hydrogen-bond donors (Lipinski definition) is 0. The molecule has 7 heteroatoms. The molecule has 4 aromatic rings. The van der Waals surface area contributed by atoms with E-state index >= 15 is 0 Å². The van der Waals surface area contributed by atoms with Crippen LogP contribution >= 0.6 is 0 Å². The highest BCUT2D eigenvalue weighted by Crippen LogP contribution is 2.30. The first-order valence-electron chi connectivity index (χ1n) is 15.2. The Morgan fingerprint density at radius 2 is 1.46 bits per heavy atom. The second-order valence-corrected chi connectivity index (χ2v) is 11.6. The largest absolute Gasteiger partial charge is 0.497 e. The minimum atomic E-state index is 0.145. The molecule has 0 bridgehead atoms. The highest BCUT2D eigenvalue weighted by molar-refractivity contribution is 6.10. The number of para-hydroxylation sites is 1. The molecular formula is C34H43N5O2. The summed E-state index contributed by atoms with van der Waals surface area (Å²) in [6, 6.07) is 23.3. The first-order valence-corrected chi connectivity index (χ1v) is 15.2. The molecule has 1 amide bonds. The second-order valence-electron chi connectivity index (χ2n) is 11.6. The van der Waals surface area contributed by atoms with Crippen molar-refractivity contribution < 1.29 is 9.53 Å². The van der Waals surface area contributed by atoms with Crippen LogP contribution in [0.3, 0.4) is 0 Å². The molecule has 0 unspecified atom stereocenters. The minimum absolute atomic E-state index is 0.145. The molecule has 2 aliphatic heterocycles. The molecule has 3 heterocycles. The van der Waals surface area contributed by atoms with Crippen molar-refractivity contribution in [3.8, 4) is 5.75 Å². The number of piperazine rings is 2. The van der Waals surface area contributed by atoms with Crippen LogP contribution in [-0.2, 0) is 13.0 Å². The molecule has 0 aliphatic carbocycles. The van der Waals surface area contributed by atoms with Crippen molar-refractivity contribution in [1.82, 2.24) is 24.2 Å². The Morgan fingerprint density at radius 1 is 0.732 bits per heavy atom. The van der Waals surface area contributed by atoms with Crippen molar-refractivity contribution in [1.29, 1.82) is 0 Å². The van der Waals surface area contributed by atoms with Crippen LogP contribution in [0.15, 0.2) is 66.7 Å². The topological polar surface area (TPSA) is 44.2 Å². The van der Waals surface area contributed by atoms with E-state index < -0.39 is 0 Å². The number of rotatable bonds is 9. The highest BCUT2D eigenvalue weighted by Gasteiger charge is 2.23. The first-order chi connectivity index (χ1) is 20.1. The number of benzene rings is 3. The van der Waals surface area contributed by atoms with Crippen molar-refractivity contribution in [3.05, 3.63) is 77.9 Å². The van der Waals surface area contributed by atoms with Gasteiger partial charge < -0.3 is 24.0 Å². The Balaban J connectivity index is 1.10. The molecule has 2 fully saturated rings. The molecule has 7 nitrogen and oxygen atoms in total. The Bertz CT molecular complexity index is 1480. The number of likely N-dealkylation sites (N-methyl/N-ethyl adjacent to an activating group) is 1. The Hall–Kier alpha value is -3.39. The molecule has 0 radical (unpaired) electrons. The SMILES string of the molecule is COc1cccc(CCN2CCN(C(=O)c3ccc4c(c3)c3ccccc3n4CCCN3CCN(C)CC3)CC2)c1. The number of hydrogen-bond acceptors (Lipinski definition) is 5. The molecule has 0 spiro atoms. The summed E-state index contributed by atoms with van der Waals surface area (Å²) in [4.78, 5) is 23.1. The van der Waals surface area contributed by atoms with Crippen LogP contribution in [0.2, 0.25) is 0 Å². The molecule has 0 atom stereocenters. The highest BCUT2D eigenvalue weighted by atomic mass is 16.5. The lowest BCUT2D eigenvalue weighted by Crippen LogP contribution is -2.49. The molecule has 2 aliphatic rings. The number of nitrogens with zero attached hydrogens (tertiary/aromatic N) is 5. The lowest BCUT2D eigenvalue weighted by atomic mass is 10.1. The summed E-state index contributed by atoms with van der Waals surface area (Å²) in [6.45, 7) is 11.1. The number of carbonyl (C=O) groups excluding carboxylic acids is 1. The molecule has 41 heavy (non-hydrogen) atoms. The van der Waals surface area contributed by atoms with Gasteiger partial charge in [0.25, 0.3) is 5.91 Å². The van der Waals surface area contributed by atoms with E-state index in [1.54, 1.807) is 7.11 Å². The first kappa shape index (κ1) is 27.8. The van der Waals surface area contributed by atoms with Crippen LogP contribution in [-0.4, -0.2) is 110 Å². The van der Waals surface area contributed by atoms with Crippen molar-refractivity contribution in [3.63, 3.8) is 0 Å². The van der Waals surface area contributed by atoms with E-state index in [0.29, 0.717) is 0 Å². The fraction of sp³-hybridized carbons (Fsp3) is 0.441. The maximum Gasteiger partial charge on any atom is 0.253 e. The van der Waals surface area contributed by atoms with Crippen LogP contribution in [0.4, 0.5) is 0 Å². The summed E-state index contributed by atoms with van der Waals surface area (Å²) in [5, 5.41) is 2.42. The third-order valence-corrected chi connectivity index (χ3v) is 8.98. The quantitative estimate of drug-likeness (QED) is 0.307. The predicted octanol–water partition coefficient (Wildman–Crippen LogP) is 4.44. The monoisotopic (exact) mass is 553 g/mol. The summed E-state index contributed by atoms with van der Waals surface area (Å²) in [5.41, 5.74) is 4.57. The Labute approximate surface area is 243 Å². The van der Waals surface area contributed by atoms with Gasteiger partial charge in [-0.2, -0.15) is 0 Å². The third-order valence-electron chi connectivity index (χ3n) is 8.98. The van der Waals surface area contributed by atoms with Crippen molar-refractivity contribution in [2.45, 2.75) is 19.4 Å². The molecule has 3 aromatic carbocycles. The standard InChI is InChI=1S/C34H43N5O2/c1-35-17-19-36(20-18-35)14-6-15-39-32-10-4-3-9-30(32)31-26-28(11-12-33(31)39)34(40)38-23-21-37(22-24-38)16-13-27-7-5-8-29(25-27)41-2/h3-5,7-12,25-26H,6,13-24H2,1-2H3. The van der Waals surface area contributed by atoms with Gasteiger partial charge in [0.05, 0.1) is 7.11 Å². The number of carbonyl (C=O) groups is 1. The molecule has 0 N–H and O–H groups in total. The van der Waals surface area contributed by atoms with E-state index in [4.69, 9.17) is 4.74 Å². The van der Waals surface area contributed by atoms with E-state index in [0.717, 1.165) is 96.1 Å². The van der Waals surface area contributed by atoms with Gasteiger partial charge in [-0.25, -0.2) is 0 Å². The van der Waals surface area contributed by atoms with Gasteiger partial charge in [0.2, 0.25) is 0 Å². The van der Waals surface area contributed by atoms with Crippen molar-refractivity contribution >= 4 is 27.7 Å². The maximum absolute atomic E-state index is 13.6. The molecule has 216 valence electrons. The summed E-state index contributed by atoms with van der Waals surface area (Å²) in [6.07, 6.45) is 2.11. The van der Waals surface area contributed by atoms with Crippen molar-refractivity contribution in [2.24, 2.45) is 0 Å². The zero-order valence-corrected chi connectivity index (χ0v) is 24.6. The Kier molecular flexibility index (Phi) is 8.56. The zero-order chi connectivity index (χ0) is 28.2. The number of aryl methyl sites for hydroxylation is 1. The lowest BCUT2D eigenvalue weighted by Gasteiger charge is -2.34. The summed E-state index contributed by atoms with van der Waals surface area (Å²) in [5.74, 6) is 1.05. The van der Waals surface area contributed by atoms with Crippen molar-refractivity contribution in [2.75, 3.05) is 79.6 Å². The number of aromatic nitrogens is 1. The van der Waals surface area contributed by atoms with E-state index in [-0.39, 0.29) is 5.91 Å². The third kappa shape index (κ3) is 6.27. The van der Waals surface area contributed by atoms with Crippen LogP contribution in [0.1, 0.15) is 22.3 Å². The average molecular weight is 554 g/mol. The normalized spacial score (nSPS) is 17.5. The van der Waals surface area contributed by atoms with Gasteiger partial charge in [0.15, 0.2) is 0 Å². The minimum Gasteiger partial charge on any atom is -0.497 e. The van der Waals surface area contributed by atoms with Crippen LogP contribution < -0.4 is 4.74 Å². The lowest BCUT2D eigenvalue weighted by molar-refractivity contribution is 0.0638. The van der Waals surface area contributed by atoms with Gasteiger partial charge in [0.1, 0.15) is 5.75 Å². The zero-order valence-electron chi connectivity index (χ0n) is 24.6. The fourth-order valence-electron chi connectivity index (χ4n) is 6.42. The number of fused-ring (bicyclic) bond motifs is 3. The number of ether oxygens (including phenoxy) is 1. The second kappa shape index (κ2) is 12.6. The van der Waals surface area contributed by atoms with Gasteiger partial charge in [0, 0.05) is 92.8 Å². The Morgan fingerprint density at radius 3 is 2.27 bits per heavy atom. The van der Waals surface area contributed by atoms with E-state index in [9.17, 15) is 4.79 Å². The van der Waals surface area contributed by atoms with Gasteiger partial charge in [-0.3, -0.25) is 9.69 Å². The predicted molar refractivity (Wildman–Crippen MR) is 167 cm³/mol. The van der Waals surface area contributed by atoms with Gasteiger partial charge in [-0.1, -0.05) is 30.3 Å². The van der Waals surface area contributed by atoms with Gasteiger partial charge >= 0.3 is 0 Å². The van der Waals surface area contributed by atoms with Gasteiger partial charge in [-0.15, -0.1) is 0 Å². The summed E-state index contributed by atoms with van der Waals surface area (Å²) < 4.78 is 7.82. The molecule has 0 saturated carbocycles. The maximum atomic E-state index is 13.6. The summed E-state index contributed by atoms with van der Waals surface area (Å²) >= 11 is 0. The van der Waals surface area contributed by atoms with Crippen LogP contribution in [0.25, 0.3) is 21.8 Å². The van der Waals surface area contributed by atoms with E-state index in [1.165, 1.54) is 27.4 Å². The van der Waals surface area contributed by atoms with Crippen LogP contribution in [0.5, 0.6) is 5.75 Å². The van der Waals surface area contributed by atoms with E-state index in [1.807, 2.05) is 23.1 Å². The number of methoxy groups -OCH3 is 1. The van der Waals surface area contributed by atoms with Gasteiger partial charge in [-0.05, 0) is 68.4 Å². The smallest absolute Gasteiger partial charge is 0.253 e. The average Bonchev–Trinajstić information content (AvgIpc) is 3.34. The molecule has 6 rings (SSSR count). The molecular weight excluding hydrogens is 510 g/mol. The van der Waals surface area contributed by atoms with E-state index in [2.05, 4.69) is 74.8 Å². The summed E-state index contributed by atoms with van der Waals surface area (Å²) in [7, 11) is 3.92. The molecule has 1 aromatic heterocycles. The number of amides is 1.